The lowest BCUT2D eigenvalue weighted by molar-refractivity contribution is 0.179. The summed E-state index contributed by atoms with van der Waals surface area (Å²) in [4.78, 5) is 0. The maximum atomic E-state index is 5.13. The summed E-state index contributed by atoms with van der Waals surface area (Å²) >= 11 is 5.13. The first-order valence-corrected chi connectivity index (χ1v) is 5.40. The molecule has 2 N–H and O–H groups in total. The molecule has 1 aromatic heterocycles. The average molecular weight is 243 g/mol. The molecule has 0 saturated carbocycles. The van der Waals surface area contributed by atoms with Crippen LogP contribution in [0.1, 0.15) is 12.7 Å². The Balaban J connectivity index is 2.28. The smallest absolute Gasteiger partial charge is 0.166 e. The lowest BCUT2D eigenvalue weighted by atomic mass is 10.4. The summed E-state index contributed by atoms with van der Waals surface area (Å²) in [7, 11) is 3.55. The molecule has 1 rings (SSSR count). The van der Waals surface area contributed by atoms with Crippen LogP contribution in [0.2, 0.25) is 0 Å². The topological polar surface area (TPSA) is 64.0 Å². The van der Waals surface area contributed by atoms with Gasteiger partial charge in [-0.25, -0.2) is 0 Å². The predicted octanol–water partition coefficient (Wildman–Crippen LogP) is -0.186. The molecule has 0 aliphatic rings. The first kappa shape index (κ1) is 12.9. The zero-order valence-corrected chi connectivity index (χ0v) is 10.5. The fraction of sp³-hybridized carbons (Fsp3) is 0.667. The van der Waals surface area contributed by atoms with Crippen molar-refractivity contribution in [3.8, 4) is 0 Å². The number of methoxy groups -OCH3 is 1. The van der Waals surface area contributed by atoms with Gasteiger partial charge in [0, 0.05) is 20.2 Å². The van der Waals surface area contributed by atoms with Crippen molar-refractivity contribution in [1.29, 1.82) is 0 Å². The highest BCUT2D eigenvalue weighted by atomic mass is 32.1. The summed E-state index contributed by atoms with van der Waals surface area (Å²) in [5.74, 6) is 0.837. The second kappa shape index (κ2) is 6.39. The quantitative estimate of drug-likeness (QED) is 0.699. The minimum atomic E-state index is 0.185. The minimum Gasteiger partial charge on any atom is -0.383 e. The van der Waals surface area contributed by atoms with Gasteiger partial charge in [0.2, 0.25) is 0 Å². The zero-order chi connectivity index (χ0) is 12.0. The largest absolute Gasteiger partial charge is 0.383 e. The lowest BCUT2D eigenvalue weighted by Gasteiger charge is -2.15. The third-order valence-corrected chi connectivity index (χ3v) is 2.27. The van der Waals surface area contributed by atoms with Gasteiger partial charge in [-0.2, -0.15) is 0 Å². The third-order valence-electron chi connectivity index (χ3n) is 2.01. The van der Waals surface area contributed by atoms with E-state index in [1.807, 2.05) is 18.5 Å². The monoisotopic (exact) mass is 243 g/mol. The van der Waals surface area contributed by atoms with Gasteiger partial charge in [0.25, 0.3) is 0 Å². The van der Waals surface area contributed by atoms with E-state index in [9.17, 15) is 0 Å². The maximum Gasteiger partial charge on any atom is 0.166 e. The number of nitrogens with zero attached hydrogens (tertiary/aromatic N) is 3. The molecular formula is C9H17N5OS. The van der Waals surface area contributed by atoms with E-state index < -0.39 is 0 Å². The number of ether oxygens (including phenoxy) is 1. The Morgan fingerprint density at radius 3 is 3.00 bits per heavy atom. The molecule has 0 aromatic carbocycles. The summed E-state index contributed by atoms with van der Waals surface area (Å²) in [6, 6.07) is 0.185. The fourth-order valence-corrected chi connectivity index (χ4v) is 1.47. The number of hydrogen-bond donors (Lipinski definition) is 2. The van der Waals surface area contributed by atoms with Crippen LogP contribution in [0.15, 0.2) is 6.33 Å². The van der Waals surface area contributed by atoms with E-state index in [1.165, 1.54) is 0 Å². The normalized spacial score (nSPS) is 12.2. The van der Waals surface area contributed by atoms with E-state index in [1.54, 1.807) is 13.4 Å². The Morgan fingerprint density at radius 2 is 2.44 bits per heavy atom. The molecule has 0 radical (unpaired) electrons. The van der Waals surface area contributed by atoms with E-state index in [0.717, 1.165) is 5.82 Å². The molecule has 0 spiro atoms. The van der Waals surface area contributed by atoms with Crippen molar-refractivity contribution in [2.45, 2.75) is 19.5 Å². The molecule has 90 valence electrons. The number of aryl methyl sites for hydroxylation is 1. The van der Waals surface area contributed by atoms with Crippen molar-refractivity contribution < 1.29 is 4.74 Å². The first-order valence-electron chi connectivity index (χ1n) is 4.99. The van der Waals surface area contributed by atoms with Crippen LogP contribution in [-0.4, -0.2) is 39.6 Å². The fourth-order valence-electron chi connectivity index (χ4n) is 1.19. The van der Waals surface area contributed by atoms with Crippen LogP contribution in [0.25, 0.3) is 0 Å². The third kappa shape index (κ3) is 4.11. The Morgan fingerprint density at radius 1 is 1.69 bits per heavy atom. The SMILES string of the molecule is COCC(C)NC(=S)NCc1nncn1C. The molecule has 1 aromatic rings. The van der Waals surface area contributed by atoms with Crippen molar-refractivity contribution in [3.05, 3.63) is 12.2 Å². The van der Waals surface area contributed by atoms with Crippen molar-refractivity contribution in [2.75, 3.05) is 13.7 Å². The van der Waals surface area contributed by atoms with E-state index >= 15 is 0 Å². The number of nitrogens with one attached hydrogen (secondary N) is 2. The standard InChI is InChI=1S/C9H17N5OS/c1-7(5-15-3)12-9(16)10-4-8-13-11-6-14(8)2/h6-7H,4-5H2,1-3H3,(H2,10,12,16). The molecule has 0 aliphatic heterocycles. The van der Waals surface area contributed by atoms with E-state index in [-0.39, 0.29) is 6.04 Å². The van der Waals surface area contributed by atoms with Gasteiger partial charge >= 0.3 is 0 Å². The average Bonchev–Trinajstić information content (AvgIpc) is 2.61. The maximum absolute atomic E-state index is 5.13. The Hall–Kier alpha value is -1.21. The van der Waals surface area contributed by atoms with E-state index in [2.05, 4.69) is 20.8 Å². The van der Waals surface area contributed by atoms with Crippen LogP contribution in [0.4, 0.5) is 0 Å². The predicted molar refractivity (Wildman–Crippen MR) is 64.9 cm³/mol. The molecule has 0 bridgehead atoms. The summed E-state index contributed by atoms with van der Waals surface area (Å²) in [5, 5.41) is 14.5. The summed E-state index contributed by atoms with van der Waals surface area (Å²) < 4.78 is 6.84. The van der Waals surface area contributed by atoms with E-state index in [4.69, 9.17) is 17.0 Å². The van der Waals surface area contributed by atoms with Gasteiger partial charge in [-0.15, -0.1) is 10.2 Å². The molecule has 1 unspecified atom stereocenters. The molecule has 0 aliphatic carbocycles. The second-order valence-electron chi connectivity index (χ2n) is 3.54. The minimum absolute atomic E-state index is 0.185. The highest BCUT2D eigenvalue weighted by molar-refractivity contribution is 7.80. The van der Waals surface area contributed by atoms with Gasteiger partial charge < -0.3 is 19.9 Å². The number of rotatable bonds is 5. The van der Waals surface area contributed by atoms with Gasteiger partial charge in [-0.1, -0.05) is 0 Å². The van der Waals surface area contributed by atoms with Crippen LogP contribution in [0.5, 0.6) is 0 Å². The Bertz CT molecular complexity index is 340. The molecule has 7 heteroatoms. The second-order valence-corrected chi connectivity index (χ2v) is 3.95. The zero-order valence-electron chi connectivity index (χ0n) is 9.73. The highest BCUT2D eigenvalue weighted by Gasteiger charge is 2.04. The van der Waals surface area contributed by atoms with Crippen molar-refractivity contribution in [1.82, 2.24) is 25.4 Å². The van der Waals surface area contributed by atoms with Crippen molar-refractivity contribution in [3.63, 3.8) is 0 Å². The molecule has 1 heterocycles. The number of thiocarbonyl (C=S) groups is 1. The van der Waals surface area contributed by atoms with Gasteiger partial charge in [0.15, 0.2) is 10.9 Å². The molecule has 0 amide bonds. The van der Waals surface area contributed by atoms with Crippen LogP contribution >= 0.6 is 12.2 Å². The van der Waals surface area contributed by atoms with Crippen molar-refractivity contribution in [2.24, 2.45) is 7.05 Å². The molecule has 1 atom stereocenters. The van der Waals surface area contributed by atoms with Gasteiger partial charge in [0.05, 0.1) is 13.2 Å². The molecule has 0 fully saturated rings. The Labute approximate surface area is 100 Å². The molecule has 0 saturated heterocycles. The summed E-state index contributed by atoms with van der Waals surface area (Å²) in [6.45, 7) is 3.17. The van der Waals surface area contributed by atoms with Crippen LogP contribution < -0.4 is 10.6 Å². The van der Waals surface area contributed by atoms with Gasteiger partial charge in [0.1, 0.15) is 6.33 Å². The summed E-state index contributed by atoms with van der Waals surface area (Å²) in [5.41, 5.74) is 0. The van der Waals surface area contributed by atoms with Gasteiger partial charge in [-0.3, -0.25) is 0 Å². The van der Waals surface area contributed by atoms with Crippen molar-refractivity contribution >= 4 is 17.3 Å². The molecule has 6 nitrogen and oxygen atoms in total. The van der Waals surface area contributed by atoms with Crippen LogP contribution in [-0.2, 0) is 18.3 Å². The molecule has 16 heavy (non-hydrogen) atoms. The van der Waals surface area contributed by atoms with Gasteiger partial charge in [-0.05, 0) is 19.1 Å². The van der Waals surface area contributed by atoms with Crippen LogP contribution in [0.3, 0.4) is 0 Å². The number of aromatic nitrogens is 3. The summed E-state index contributed by atoms with van der Waals surface area (Å²) in [6.07, 6.45) is 1.65. The highest BCUT2D eigenvalue weighted by Crippen LogP contribution is 1.90. The first-order chi connectivity index (χ1) is 7.63. The molecular weight excluding hydrogens is 226 g/mol. The van der Waals surface area contributed by atoms with Crippen LogP contribution in [0, 0.1) is 0 Å². The lowest BCUT2D eigenvalue weighted by Crippen LogP contribution is -2.42. The Kier molecular flexibility index (Phi) is 5.13. The van der Waals surface area contributed by atoms with E-state index in [0.29, 0.717) is 18.3 Å². The number of hydrogen-bond acceptors (Lipinski definition) is 4.